The minimum Gasteiger partial charge on any atom is -0.507 e. The Balaban J connectivity index is 2.31. The van der Waals surface area contributed by atoms with Crippen molar-refractivity contribution < 1.29 is 14.6 Å². The van der Waals surface area contributed by atoms with Crippen LogP contribution >= 0.6 is 0 Å². The number of hydrogen-bond acceptors (Lipinski definition) is 3. The van der Waals surface area contributed by atoms with Gasteiger partial charge in [-0.3, -0.25) is 4.79 Å². The van der Waals surface area contributed by atoms with Crippen molar-refractivity contribution >= 4 is 5.97 Å². The van der Waals surface area contributed by atoms with E-state index in [4.69, 9.17) is 4.74 Å². The molecule has 2 atom stereocenters. The van der Waals surface area contributed by atoms with Crippen LogP contribution in [0, 0.1) is 5.92 Å². The molecule has 1 N–H and O–H groups in total. The van der Waals surface area contributed by atoms with Crippen LogP contribution in [-0.2, 0) is 9.53 Å². The van der Waals surface area contributed by atoms with Crippen molar-refractivity contribution in [3.8, 4) is 5.75 Å². The summed E-state index contributed by atoms with van der Waals surface area (Å²) in [6, 6.07) is 5.65. The molecule has 0 bridgehead atoms. The van der Waals surface area contributed by atoms with E-state index in [0.29, 0.717) is 17.4 Å². The van der Waals surface area contributed by atoms with Crippen LogP contribution in [0.5, 0.6) is 5.75 Å². The van der Waals surface area contributed by atoms with Gasteiger partial charge in [0.05, 0.1) is 13.0 Å². The molecule has 0 saturated heterocycles. The number of rotatable bonds is 4. The van der Waals surface area contributed by atoms with E-state index in [1.807, 2.05) is 12.1 Å². The largest absolute Gasteiger partial charge is 0.507 e. The average molecular weight is 248 g/mol. The minimum absolute atomic E-state index is 0.259. The van der Waals surface area contributed by atoms with Gasteiger partial charge in [0.15, 0.2) is 0 Å². The Bertz CT molecular complexity index is 449. The summed E-state index contributed by atoms with van der Waals surface area (Å²) >= 11 is 0. The summed E-state index contributed by atoms with van der Waals surface area (Å²) in [7, 11) is 1.37. The molecule has 0 aliphatic heterocycles. The van der Waals surface area contributed by atoms with Crippen molar-refractivity contribution in [1.82, 2.24) is 0 Å². The van der Waals surface area contributed by atoms with E-state index in [2.05, 4.69) is 6.92 Å². The molecule has 1 aromatic carbocycles. The van der Waals surface area contributed by atoms with Crippen LogP contribution in [0.15, 0.2) is 18.2 Å². The predicted octanol–water partition coefficient (Wildman–Crippen LogP) is 3.18. The summed E-state index contributed by atoms with van der Waals surface area (Å²) in [5.41, 5.74) is 1.61. The summed E-state index contributed by atoms with van der Waals surface area (Å²) in [6.07, 6.45) is 2.47. The topological polar surface area (TPSA) is 46.5 Å². The van der Waals surface area contributed by atoms with Crippen molar-refractivity contribution in [2.24, 2.45) is 5.92 Å². The van der Waals surface area contributed by atoms with Gasteiger partial charge in [-0.05, 0) is 37.2 Å². The number of carbonyl (C=O) groups is 1. The minimum atomic E-state index is -0.429. The molecule has 18 heavy (non-hydrogen) atoms. The van der Waals surface area contributed by atoms with Gasteiger partial charge in [-0.1, -0.05) is 25.1 Å². The van der Waals surface area contributed by atoms with Crippen molar-refractivity contribution in [2.45, 2.75) is 38.5 Å². The quantitative estimate of drug-likeness (QED) is 0.832. The Morgan fingerprint density at radius 2 is 1.94 bits per heavy atom. The number of carbonyl (C=O) groups excluding carboxylic acids is 1. The molecule has 0 spiro atoms. The third-order valence-corrected chi connectivity index (χ3v) is 3.94. The molecule has 3 heteroatoms. The predicted molar refractivity (Wildman–Crippen MR) is 69.7 cm³/mol. The lowest BCUT2D eigenvalue weighted by molar-refractivity contribution is -0.142. The fourth-order valence-corrected chi connectivity index (χ4v) is 2.45. The molecular weight excluding hydrogens is 228 g/mol. The maximum absolute atomic E-state index is 11.6. The van der Waals surface area contributed by atoms with Crippen molar-refractivity contribution in [1.29, 1.82) is 0 Å². The number of aromatic hydroxyl groups is 1. The first kappa shape index (κ1) is 12.9. The number of benzene rings is 1. The van der Waals surface area contributed by atoms with E-state index >= 15 is 0 Å². The van der Waals surface area contributed by atoms with Crippen molar-refractivity contribution in [3.63, 3.8) is 0 Å². The molecule has 0 heterocycles. The second kappa shape index (κ2) is 5.01. The van der Waals surface area contributed by atoms with Gasteiger partial charge in [0.2, 0.25) is 0 Å². The van der Waals surface area contributed by atoms with Gasteiger partial charge < -0.3 is 9.84 Å². The number of phenolic OH excluding ortho intramolecular Hbond substituents is 1. The van der Waals surface area contributed by atoms with E-state index in [0.717, 1.165) is 5.56 Å². The van der Waals surface area contributed by atoms with E-state index in [1.165, 1.54) is 20.0 Å². The maximum atomic E-state index is 11.6. The zero-order chi connectivity index (χ0) is 13.3. The van der Waals surface area contributed by atoms with Gasteiger partial charge in [0.1, 0.15) is 5.75 Å². The first-order valence-electron chi connectivity index (χ1n) is 6.45. The van der Waals surface area contributed by atoms with Gasteiger partial charge in [0, 0.05) is 5.56 Å². The standard InChI is InChI=1S/C15H20O3/c1-9(11-7-8-11)12-5-4-6-13(14(12)16)10(2)15(17)18-3/h4-6,9-11,16H,7-8H2,1-3H3. The lowest BCUT2D eigenvalue weighted by Crippen LogP contribution is -2.11. The third kappa shape index (κ3) is 2.35. The second-order valence-electron chi connectivity index (χ2n) is 5.16. The SMILES string of the molecule is COC(=O)C(C)c1cccc(C(C)C2CC2)c1O. The molecule has 0 amide bonds. The summed E-state index contributed by atoms with van der Waals surface area (Å²) in [4.78, 5) is 11.6. The third-order valence-electron chi connectivity index (χ3n) is 3.94. The molecule has 1 saturated carbocycles. The Morgan fingerprint density at radius 1 is 1.33 bits per heavy atom. The number of hydrogen-bond donors (Lipinski definition) is 1. The lowest BCUT2D eigenvalue weighted by Gasteiger charge is -2.17. The van der Waals surface area contributed by atoms with Crippen LogP contribution in [-0.4, -0.2) is 18.2 Å². The number of esters is 1. The zero-order valence-corrected chi connectivity index (χ0v) is 11.1. The molecule has 0 radical (unpaired) electrons. The first-order chi connectivity index (χ1) is 8.56. The summed E-state index contributed by atoms with van der Waals surface area (Å²) < 4.78 is 4.73. The normalized spacial score (nSPS) is 18.2. The monoisotopic (exact) mass is 248 g/mol. The van der Waals surface area contributed by atoms with Gasteiger partial charge in [-0.15, -0.1) is 0 Å². The van der Waals surface area contributed by atoms with Gasteiger partial charge in [-0.25, -0.2) is 0 Å². The Hall–Kier alpha value is -1.51. The van der Waals surface area contributed by atoms with Crippen LogP contribution in [0.2, 0.25) is 0 Å². The Morgan fingerprint density at radius 3 is 2.50 bits per heavy atom. The van der Waals surface area contributed by atoms with Gasteiger partial charge in [-0.2, -0.15) is 0 Å². The molecule has 1 aliphatic carbocycles. The van der Waals surface area contributed by atoms with E-state index < -0.39 is 5.92 Å². The number of para-hydroxylation sites is 1. The fraction of sp³-hybridized carbons (Fsp3) is 0.533. The molecule has 98 valence electrons. The molecule has 3 nitrogen and oxygen atoms in total. The average Bonchev–Trinajstić information content (AvgIpc) is 3.20. The van der Waals surface area contributed by atoms with E-state index in [1.54, 1.807) is 13.0 Å². The van der Waals surface area contributed by atoms with Gasteiger partial charge in [0.25, 0.3) is 0 Å². The lowest BCUT2D eigenvalue weighted by atomic mass is 9.90. The van der Waals surface area contributed by atoms with E-state index in [-0.39, 0.29) is 11.7 Å². The molecular formula is C15H20O3. The summed E-state index contributed by atoms with van der Waals surface area (Å²) in [6.45, 7) is 3.89. The van der Waals surface area contributed by atoms with Crippen LogP contribution in [0.1, 0.15) is 49.7 Å². The van der Waals surface area contributed by atoms with Crippen LogP contribution < -0.4 is 0 Å². The molecule has 2 rings (SSSR count). The van der Waals surface area contributed by atoms with E-state index in [9.17, 15) is 9.90 Å². The van der Waals surface area contributed by atoms with Crippen molar-refractivity contribution in [3.05, 3.63) is 29.3 Å². The highest BCUT2D eigenvalue weighted by Gasteiger charge is 2.31. The number of methoxy groups -OCH3 is 1. The van der Waals surface area contributed by atoms with Gasteiger partial charge >= 0.3 is 5.97 Å². The molecule has 1 fully saturated rings. The summed E-state index contributed by atoms with van der Waals surface area (Å²) in [5, 5.41) is 10.3. The maximum Gasteiger partial charge on any atom is 0.312 e. The molecule has 2 unspecified atom stereocenters. The van der Waals surface area contributed by atoms with Crippen molar-refractivity contribution in [2.75, 3.05) is 7.11 Å². The number of ether oxygens (including phenoxy) is 1. The Labute approximate surface area is 108 Å². The zero-order valence-electron chi connectivity index (χ0n) is 11.1. The number of phenols is 1. The van der Waals surface area contributed by atoms with Crippen LogP contribution in [0.25, 0.3) is 0 Å². The highest BCUT2D eigenvalue weighted by molar-refractivity contribution is 5.78. The highest BCUT2D eigenvalue weighted by Crippen LogP contribution is 2.46. The fourth-order valence-electron chi connectivity index (χ4n) is 2.45. The Kier molecular flexibility index (Phi) is 3.60. The van der Waals surface area contributed by atoms with Crippen LogP contribution in [0.4, 0.5) is 0 Å². The molecule has 1 aliphatic rings. The smallest absolute Gasteiger partial charge is 0.312 e. The molecule has 0 aromatic heterocycles. The molecule has 1 aromatic rings. The first-order valence-corrected chi connectivity index (χ1v) is 6.45. The highest BCUT2D eigenvalue weighted by atomic mass is 16.5. The van der Waals surface area contributed by atoms with Crippen LogP contribution in [0.3, 0.4) is 0 Å². The second-order valence-corrected chi connectivity index (χ2v) is 5.16. The summed E-state index contributed by atoms with van der Waals surface area (Å²) in [5.74, 6) is 0.548.